The third-order valence-electron chi connectivity index (χ3n) is 1.87. The van der Waals surface area contributed by atoms with Crippen LogP contribution in [-0.2, 0) is 17.7 Å². The van der Waals surface area contributed by atoms with Gasteiger partial charge in [0.05, 0.1) is 24.9 Å². The van der Waals surface area contributed by atoms with Gasteiger partial charge in [0.25, 0.3) is 0 Å². The molecule has 1 heterocycles. The zero-order valence-corrected chi connectivity index (χ0v) is 9.68. The molecule has 1 aromatic rings. The zero-order valence-electron chi connectivity index (χ0n) is 9.68. The Balaban J connectivity index is 2.33. The average Bonchev–Trinajstić information content (AvgIpc) is 2.50. The lowest BCUT2D eigenvalue weighted by Crippen LogP contribution is -2.22. The molecule has 5 heteroatoms. The van der Waals surface area contributed by atoms with Crippen molar-refractivity contribution in [1.82, 2.24) is 15.0 Å². The molecule has 1 unspecified atom stereocenters. The molecule has 1 aromatic heterocycles. The van der Waals surface area contributed by atoms with Crippen LogP contribution in [0.15, 0.2) is 6.20 Å². The smallest absolute Gasteiger partial charge is 0.0850 e. The van der Waals surface area contributed by atoms with Gasteiger partial charge in [-0.25, -0.2) is 0 Å². The molecular weight excluding hydrogens is 192 g/mol. The molecule has 0 aliphatic carbocycles. The number of ether oxygens (including phenoxy) is 1. The van der Waals surface area contributed by atoms with E-state index < -0.39 is 0 Å². The van der Waals surface area contributed by atoms with Gasteiger partial charge in [-0.3, -0.25) is 4.68 Å². The predicted octanol–water partition coefficient (Wildman–Crippen LogP) is 0.593. The first kappa shape index (κ1) is 12.1. The monoisotopic (exact) mass is 212 g/mol. The minimum absolute atomic E-state index is 0.103. The highest BCUT2D eigenvalue weighted by Gasteiger charge is 2.03. The normalized spacial score (nSPS) is 13.4. The summed E-state index contributed by atoms with van der Waals surface area (Å²) < 4.78 is 7.21. The molecule has 1 atom stereocenters. The third kappa shape index (κ3) is 4.90. The van der Waals surface area contributed by atoms with Crippen molar-refractivity contribution in [2.75, 3.05) is 6.61 Å². The number of rotatable bonds is 6. The predicted molar refractivity (Wildman–Crippen MR) is 58.5 cm³/mol. The topological polar surface area (TPSA) is 66.0 Å². The van der Waals surface area contributed by atoms with E-state index in [1.807, 2.05) is 27.0 Å². The highest BCUT2D eigenvalue weighted by Crippen LogP contribution is 1.97. The fourth-order valence-electron chi connectivity index (χ4n) is 1.24. The summed E-state index contributed by atoms with van der Waals surface area (Å²) in [5, 5.41) is 8.03. The number of nitrogens with two attached hydrogens (primary N) is 1. The van der Waals surface area contributed by atoms with Gasteiger partial charge in [0.2, 0.25) is 0 Å². The number of hydrogen-bond acceptors (Lipinski definition) is 4. The second-order valence-corrected chi connectivity index (χ2v) is 4.08. The molecule has 0 radical (unpaired) electrons. The van der Waals surface area contributed by atoms with Gasteiger partial charge in [0, 0.05) is 18.7 Å². The van der Waals surface area contributed by atoms with Crippen molar-refractivity contribution in [3.8, 4) is 0 Å². The molecule has 5 nitrogen and oxygen atoms in total. The van der Waals surface area contributed by atoms with E-state index in [0.29, 0.717) is 13.2 Å². The number of aromatic nitrogens is 3. The molecular formula is C10H20N4O. The minimum Gasteiger partial charge on any atom is -0.378 e. The lowest BCUT2D eigenvalue weighted by atomic mass is 10.3. The molecule has 0 aliphatic heterocycles. The molecule has 15 heavy (non-hydrogen) atoms. The summed E-state index contributed by atoms with van der Waals surface area (Å²) in [6.45, 7) is 7.38. The average molecular weight is 212 g/mol. The Labute approximate surface area is 90.6 Å². The molecule has 2 N–H and O–H groups in total. The molecule has 0 fully saturated rings. The molecule has 0 saturated carbocycles. The van der Waals surface area contributed by atoms with E-state index in [2.05, 4.69) is 10.3 Å². The van der Waals surface area contributed by atoms with Crippen molar-refractivity contribution in [3.63, 3.8) is 0 Å². The maximum Gasteiger partial charge on any atom is 0.0850 e. The first-order valence-electron chi connectivity index (χ1n) is 5.34. The number of nitrogens with zero attached hydrogens (tertiary/aromatic N) is 3. The van der Waals surface area contributed by atoms with Crippen molar-refractivity contribution in [2.45, 2.75) is 45.9 Å². The standard InChI is InChI=1S/C10H20N4O/c1-8(2)15-5-4-10-7-14(13-12-10)6-9(3)11/h7-9H,4-6,11H2,1-3H3. The Morgan fingerprint density at radius 2 is 2.20 bits per heavy atom. The van der Waals surface area contributed by atoms with E-state index in [1.54, 1.807) is 4.68 Å². The summed E-state index contributed by atoms with van der Waals surface area (Å²) >= 11 is 0. The van der Waals surface area contributed by atoms with Crippen LogP contribution in [0.1, 0.15) is 26.5 Å². The van der Waals surface area contributed by atoms with E-state index in [0.717, 1.165) is 12.1 Å². The summed E-state index contributed by atoms with van der Waals surface area (Å²) in [5.74, 6) is 0. The molecule has 0 aliphatic rings. The molecule has 1 rings (SSSR count). The highest BCUT2D eigenvalue weighted by atomic mass is 16.5. The Morgan fingerprint density at radius 1 is 1.47 bits per heavy atom. The molecule has 0 aromatic carbocycles. The van der Waals surface area contributed by atoms with Crippen LogP contribution >= 0.6 is 0 Å². The second kappa shape index (κ2) is 5.82. The summed E-state index contributed by atoms with van der Waals surface area (Å²) in [4.78, 5) is 0. The van der Waals surface area contributed by atoms with E-state index in [1.165, 1.54) is 0 Å². The van der Waals surface area contributed by atoms with Gasteiger partial charge in [0.1, 0.15) is 0 Å². The fourth-order valence-corrected chi connectivity index (χ4v) is 1.24. The van der Waals surface area contributed by atoms with Gasteiger partial charge >= 0.3 is 0 Å². The fraction of sp³-hybridized carbons (Fsp3) is 0.800. The van der Waals surface area contributed by atoms with Crippen LogP contribution in [0, 0.1) is 0 Å². The molecule has 0 bridgehead atoms. The van der Waals surface area contributed by atoms with Crippen molar-refractivity contribution in [2.24, 2.45) is 5.73 Å². The molecule has 0 amide bonds. The Kier molecular flexibility index (Phi) is 4.71. The van der Waals surface area contributed by atoms with E-state index in [-0.39, 0.29) is 12.1 Å². The summed E-state index contributed by atoms with van der Waals surface area (Å²) in [7, 11) is 0. The van der Waals surface area contributed by atoms with Crippen LogP contribution in [0.4, 0.5) is 0 Å². The maximum atomic E-state index is 5.66. The number of hydrogen-bond donors (Lipinski definition) is 1. The maximum absolute atomic E-state index is 5.66. The van der Waals surface area contributed by atoms with Gasteiger partial charge in [-0.2, -0.15) is 0 Å². The van der Waals surface area contributed by atoms with Crippen molar-refractivity contribution in [1.29, 1.82) is 0 Å². The summed E-state index contributed by atoms with van der Waals surface area (Å²) in [6.07, 6.45) is 2.99. The third-order valence-corrected chi connectivity index (χ3v) is 1.87. The Bertz CT molecular complexity index is 283. The van der Waals surface area contributed by atoms with Crippen LogP contribution < -0.4 is 5.73 Å². The molecule has 0 saturated heterocycles. The van der Waals surface area contributed by atoms with E-state index in [4.69, 9.17) is 10.5 Å². The molecule has 86 valence electrons. The zero-order chi connectivity index (χ0) is 11.3. The summed E-state index contributed by atoms with van der Waals surface area (Å²) in [5.41, 5.74) is 6.62. The van der Waals surface area contributed by atoms with Gasteiger partial charge in [-0.15, -0.1) is 5.10 Å². The summed E-state index contributed by atoms with van der Waals surface area (Å²) in [6, 6.07) is 0.103. The Hall–Kier alpha value is -0.940. The van der Waals surface area contributed by atoms with Crippen LogP contribution in [0.25, 0.3) is 0 Å². The van der Waals surface area contributed by atoms with Gasteiger partial charge < -0.3 is 10.5 Å². The van der Waals surface area contributed by atoms with Gasteiger partial charge in [0.15, 0.2) is 0 Å². The van der Waals surface area contributed by atoms with E-state index >= 15 is 0 Å². The lowest BCUT2D eigenvalue weighted by Gasteiger charge is -2.05. The van der Waals surface area contributed by atoms with Crippen molar-refractivity contribution >= 4 is 0 Å². The Morgan fingerprint density at radius 3 is 2.80 bits per heavy atom. The minimum atomic E-state index is 0.103. The van der Waals surface area contributed by atoms with Crippen LogP contribution in [0.3, 0.4) is 0 Å². The SMILES string of the molecule is CC(N)Cn1cc(CCOC(C)C)nn1. The van der Waals surface area contributed by atoms with Crippen LogP contribution in [0.5, 0.6) is 0 Å². The first-order chi connectivity index (χ1) is 7.08. The second-order valence-electron chi connectivity index (χ2n) is 4.08. The molecule has 0 spiro atoms. The largest absolute Gasteiger partial charge is 0.378 e. The van der Waals surface area contributed by atoms with E-state index in [9.17, 15) is 0 Å². The van der Waals surface area contributed by atoms with Gasteiger partial charge in [-0.1, -0.05) is 5.21 Å². The van der Waals surface area contributed by atoms with Crippen LogP contribution in [-0.4, -0.2) is 33.7 Å². The lowest BCUT2D eigenvalue weighted by molar-refractivity contribution is 0.0809. The quantitative estimate of drug-likeness (QED) is 0.749. The van der Waals surface area contributed by atoms with Crippen molar-refractivity contribution in [3.05, 3.63) is 11.9 Å². The highest BCUT2D eigenvalue weighted by molar-refractivity contribution is 4.92. The van der Waals surface area contributed by atoms with Gasteiger partial charge in [-0.05, 0) is 20.8 Å². The van der Waals surface area contributed by atoms with Crippen LogP contribution in [0.2, 0.25) is 0 Å². The first-order valence-corrected chi connectivity index (χ1v) is 5.34. The van der Waals surface area contributed by atoms with Crippen molar-refractivity contribution < 1.29 is 4.74 Å².